The molecule has 0 saturated carbocycles. The van der Waals surface area contributed by atoms with E-state index in [0.717, 1.165) is 23.6 Å². The van der Waals surface area contributed by atoms with Crippen molar-refractivity contribution in [2.75, 3.05) is 6.54 Å². The summed E-state index contributed by atoms with van der Waals surface area (Å²) in [6, 6.07) is 19.5. The second-order valence-electron chi connectivity index (χ2n) is 8.25. The molecule has 3 nitrogen and oxygen atoms in total. The summed E-state index contributed by atoms with van der Waals surface area (Å²) in [5.74, 6) is 0. The molecule has 1 aliphatic rings. The summed E-state index contributed by atoms with van der Waals surface area (Å²) in [4.78, 5) is 0.771. The third kappa shape index (κ3) is 3.41. The molecular weight excluding hydrogens is 398 g/mol. The molecule has 4 aromatic rings. The van der Waals surface area contributed by atoms with E-state index in [0.29, 0.717) is 6.54 Å². The zero-order chi connectivity index (χ0) is 21.4. The van der Waals surface area contributed by atoms with Crippen LogP contribution in [0.2, 0.25) is 0 Å². The number of hydrogen-bond donors (Lipinski definition) is 1. The Bertz CT molecular complexity index is 1260. The molecule has 5 rings (SSSR count). The molecular formula is C27H27N3S. The van der Waals surface area contributed by atoms with Crippen LogP contribution in [-0.2, 0) is 13.0 Å². The predicted molar refractivity (Wildman–Crippen MR) is 134 cm³/mol. The van der Waals surface area contributed by atoms with E-state index < -0.39 is 0 Å². The van der Waals surface area contributed by atoms with Crippen molar-refractivity contribution in [3.63, 3.8) is 0 Å². The Morgan fingerprint density at radius 1 is 1.06 bits per heavy atom. The van der Waals surface area contributed by atoms with Crippen molar-refractivity contribution in [3.8, 4) is 22.4 Å². The number of aryl methyl sites for hydroxylation is 3. The van der Waals surface area contributed by atoms with Crippen LogP contribution in [0.15, 0.2) is 73.4 Å². The maximum atomic E-state index is 5.91. The molecule has 0 saturated heterocycles. The van der Waals surface area contributed by atoms with E-state index in [2.05, 4.69) is 88.6 Å². The Balaban J connectivity index is 1.81. The van der Waals surface area contributed by atoms with Gasteiger partial charge in [-0.15, -0.1) is 6.58 Å². The van der Waals surface area contributed by atoms with Crippen molar-refractivity contribution in [2.24, 2.45) is 0 Å². The molecule has 0 bridgehead atoms. The number of rotatable bonds is 5. The minimum absolute atomic E-state index is 0.654. The van der Waals surface area contributed by atoms with Gasteiger partial charge in [0.1, 0.15) is 10.6 Å². The van der Waals surface area contributed by atoms with Crippen molar-refractivity contribution >= 4 is 22.9 Å². The highest BCUT2D eigenvalue weighted by atomic mass is 32.1. The number of hydrogen-bond acceptors (Lipinski definition) is 1. The molecule has 3 heterocycles. The van der Waals surface area contributed by atoms with Crippen LogP contribution in [0, 0.1) is 6.92 Å². The summed E-state index contributed by atoms with van der Waals surface area (Å²) in [6.45, 7) is 7.66. The van der Waals surface area contributed by atoms with Gasteiger partial charge in [0, 0.05) is 30.4 Å². The summed E-state index contributed by atoms with van der Waals surface area (Å²) in [5.41, 5.74) is 10.0. The molecule has 0 amide bonds. The third-order valence-electron chi connectivity index (χ3n) is 6.17. The van der Waals surface area contributed by atoms with Crippen LogP contribution in [0.4, 0.5) is 0 Å². The Morgan fingerprint density at radius 3 is 2.58 bits per heavy atom. The summed E-state index contributed by atoms with van der Waals surface area (Å²) in [7, 11) is 0. The van der Waals surface area contributed by atoms with E-state index in [1.807, 2.05) is 6.08 Å². The van der Waals surface area contributed by atoms with E-state index in [-0.39, 0.29) is 0 Å². The Hall–Kier alpha value is -3.11. The van der Waals surface area contributed by atoms with Gasteiger partial charge >= 0.3 is 0 Å². The van der Waals surface area contributed by atoms with Gasteiger partial charge in [0.25, 0.3) is 0 Å². The topological polar surface area (TPSA) is 21.4 Å². The van der Waals surface area contributed by atoms with Gasteiger partial charge in [-0.05, 0) is 37.3 Å². The minimum atomic E-state index is 0.654. The van der Waals surface area contributed by atoms with Crippen molar-refractivity contribution < 1.29 is 0 Å². The molecule has 31 heavy (non-hydrogen) atoms. The zero-order valence-electron chi connectivity index (χ0n) is 17.9. The van der Waals surface area contributed by atoms with Crippen LogP contribution in [0.3, 0.4) is 0 Å². The molecule has 156 valence electrons. The van der Waals surface area contributed by atoms with Gasteiger partial charge in [0.2, 0.25) is 0 Å². The van der Waals surface area contributed by atoms with Crippen LogP contribution in [0.25, 0.3) is 28.0 Å². The van der Waals surface area contributed by atoms with Gasteiger partial charge in [0.05, 0.1) is 11.4 Å². The third-order valence-corrected chi connectivity index (χ3v) is 6.50. The van der Waals surface area contributed by atoms with Gasteiger partial charge in [0.15, 0.2) is 0 Å². The summed E-state index contributed by atoms with van der Waals surface area (Å²) in [5, 5.41) is 3.38. The first-order chi connectivity index (χ1) is 15.2. The van der Waals surface area contributed by atoms with Crippen LogP contribution < -0.4 is 5.32 Å². The molecule has 0 atom stereocenters. The van der Waals surface area contributed by atoms with Gasteiger partial charge < -0.3 is 9.88 Å². The quantitative estimate of drug-likeness (QED) is 0.305. The highest BCUT2D eigenvalue weighted by Crippen LogP contribution is 2.39. The van der Waals surface area contributed by atoms with Gasteiger partial charge in [-0.25, -0.2) is 0 Å². The maximum absolute atomic E-state index is 5.91. The fraction of sp³-hybridized carbons (Fsp3) is 0.222. The second-order valence-corrected chi connectivity index (χ2v) is 8.66. The van der Waals surface area contributed by atoms with Gasteiger partial charge in [-0.1, -0.05) is 78.5 Å². The molecule has 4 heteroatoms. The SMILES string of the molecule is C=CCNC(=S)c1c(-c2ccccc2)c2c3n(c(-c4ccc(C)cc4)cn13)CCCC2. The van der Waals surface area contributed by atoms with Gasteiger partial charge in [-0.2, -0.15) is 0 Å². The van der Waals surface area contributed by atoms with Crippen LogP contribution >= 0.6 is 12.2 Å². The van der Waals surface area contributed by atoms with Crippen LogP contribution in [0.1, 0.15) is 29.7 Å². The van der Waals surface area contributed by atoms with Gasteiger partial charge in [-0.3, -0.25) is 4.40 Å². The molecule has 0 aliphatic carbocycles. The monoisotopic (exact) mass is 425 g/mol. The lowest BCUT2D eigenvalue weighted by atomic mass is 9.98. The van der Waals surface area contributed by atoms with Crippen molar-refractivity contribution in [1.29, 1.82) is 0 Å². The predicted octanol–water partition coefficient (Wildman–Crippen LogP) is 6.17. The first-order valence-electron chi connectivity index (χ1n) is 11.0. The molecule has 0 unspecified atom stereocenters. The average molecular weight is 426 g/mol. The fourth-order valence-corrected chi connectivity index (χ4v) is 5.01. The molecule has 0 fully saturated rings. The molecule has 1 N–H and O–H groups in total. The second kappa shape index (κ2) is 8.20. The highest BCUT2D eigenvalue weighted by Gasteiger charge is 2.27. The summed E-state index contributed by atoms with van der Waals surface area (Å²) >= 11 is 5.91. The normalized spacial score (nSPS) is 13.2. The summed E-state index contributed by atoms with van der Waals surface area (Å²) < 4.78 is 4.83. The Morgan fingerprint density at radius 2 is 1.84 bits per heavy atom. The molecule has 0 radical (unpaired) electrons. The molecule has 2 aromatic carbocycles. The standard InChI is InChI=1S/C27H27N3S/c1-3-16-28-26(31)25-24(21-9-5-4-6-10-21)22-11-7-8-17-29-23(18-30(25)27(22)29)20-14-12-19(2)13-15-20/h3-6,9-10,12-15,18H,1,7-8,11,16-17H2,2H3,(H,28,31). The average Bonchev–Trinajstić information content (AvgIpc) is 3.21. The number of benzene rings is 2. The molecule has 1 aliphatic heterocycles. The van der Waals surface area contributed by atoms with Crippen molar-refractivity contribution in [2.45, 2.75) is 32.7 Å². The Kier molecular flexibility index (Phi) is 5.24. The zero-order valence-corrected chi connectivity index (χ0v) is 18.7. The molecule has 0 spiro atoms. The van der Waals surface area contributed by atoms with E-state index in [1.54, 1.807) is 0 Å². The fourth-order valence-electron chi connectivity index (χ4n) is 4.73. The van der Waals surface area contributed by atoms with Crippen molar-refractivity contribution in [3.05, 3.63) is 90.3 Å². The van der Waals surface area contributed by atoms with E-state index >= 15 is 0 Å². The largest absolute Gasteiger partial charge is 0.371 e. The number of imidazole rings is 1. The van der Waals surface area contributed by atoms with Crippen molar-refractivity contribution in [1.82, 2.24) is 14.3 Å². The minimum Gasteiger partial charge on any atom is -0.371 e. The Labute approximate surface area is 189 Å². The number of aromatic nitrogens is 2. The number of thiocarbonyl (C=S) groups is 1. The summed E-state index contributed by atoms with van der Waals surface area (Å²) in [6.07, 6.45) is 7.56. The lowest BCUT2D eigenvalue weighted by molar-refractivity contribution is 0.647. The highest BCUT2D eigenvalue weighted by molar-refractivity contribution is 7.80. The smallest absolute Gasteiger partial charge is 0.124 e. The lowest BCUT2D eigenvalue weighted by Crippen LogP contribution is -2.24. The van der Waals surface area contributed by atoms with E-state index in [1.165, 1.54) is 52.0 Å². The van der Waals surface area contributed by atoms with E-state index in [4.69, 9.17) is 12.2 Å². The van der Waals surface area contributed by atoms with E-state index in [9.17, 15) is 0 Å². The number of nitrogens with zero attached hydrogens (tertiary/aromatic N) is 2. The lowest BCUT2D eigenvalue weighted by Gasteiger charge is -2.11. The van der Waals surface area contributed by atoms with Crippen LogP contribution in [-0.4, -0.2) is 20.5 Å². The number of nitrogens with one attached hydrogen (secondary N) is 1. The molecule has 2 aromatic heterocycles. The maximum Gasteiger partial charge on any atom is 0.124 e. The first-order valence-corrected chi connectivity index (χ1v) is 11.4. The first kappa shape index (κ1) is 19.8. The van der Waals surface area contributed by atoms with Crippen LogP contribution in [0.5, 0.6) is 0 Å².